The van der Waals surface area contributed by atoms with Crippen LogP contribution >= 0.6 is 0 Å². The Morgan fingerprint density at radius 1 is 1.00 bits per heavy atom. The van der Waals surface area contributed by atoms with Crippen molar-refractivity contribution < 1.29 is 14.3 Å². The summed E-state index contributed by atoms with van der Waals surface area (Å²) in [4.78, 5) is 25.2. The number of Topliss-reactive ketones (excluding diaryl/α,β-unsaturated/α-hetero) is 1. The summed E-state index contributed by atoms with van der Waals surface area (Å²) in [6, 6.07) is 7.52. The Labute approximate surface area is 150 Å². The molecule has 0 spiro atoms. The molecule has 0 atom stereocenters. The molecule has 4 bridgehead atoms. The second-order valence-electron chi connectivity index (χ2n) is 8.97. The van der Waals surface area contributed by atoms with Crippen molar-refractivity contribution in [2.45, 2.75) is 58.3 Å². The smallest absolute Gasteiger partial charge is 0.338 e. The van der Waals surface area contributed by atoms with Gasteiger partial charge in [0.2, 0.25) is 0 Å². The zero-order valence-corrected chi connectivity index (χ0v) is 15.3. The lowest BCUT2D eigenvalue weighted by Crippen LogP contribution is -2.51. The van der Waals surface area contributed by atoms with Gasteiger partial charge in [-0.05, 0) is 79.9 Å². The predicted octanol–water partition coefficient (Wildman–Crippen LogP) is 4.75. The molecular weight excluding hydrogens is 312 g/mol. The van der Waals surface area contributed by atoms with Crippen molar-refractivity contribution in [2.24, 2.45) is 23.2 Å². The predicted molar refractivity (Wildman–Crippen MR) is 96.4 cm³/mol. The van der Waals surface area contributed by atoms with E-state index < -0.39 is 0 Å². The molecule has 0 saturated heterocycles. The summed E-state index contributed by atoms with van der Waals surface area (Å²) in [7, 11) is 0. The van der Waals surface area contributed by atoms with Gasteiger partial charge in [0.1, 0.15) is 0 Å². The molecule has 134 valence electrons. The highest BCUT2D eigenvalue weighted by molar-refractivity contribution is 5.93. The van der Waals surface area contributed by atoms with Crippen LogP contribution in [0.25, 0.3) is 0 Å². The highest BCUT2D eigenvalue weighted by Gasteiger charge is 2.54. The number of rotatable bonds is 5. The number of ether oxygens (including phenoxy) is 1. The molecule has 4 aliphatic carbocycles. The summed E-state index contributed by atoms with van der Waals surface area (Å²) in [5.74, 6) is 2.41. The fourth-order valence-corrected chi connectivity index (χ4v) is 5.82. The molecule has 3 heteroatoms. The molecule has 1 aromatic rings. The third kappa shape index (κ3) is 3.14. The molecule has 0 aliphatic heterocycles. The van der Waals surface area contributed by atoms with Gasteiger partial charge in [-0.15, -0.1) is 0 Å². The molecule has 0 amide bonds. The average Bonchev–Trinajstić information content (AvgIpc) is 2.58. The van der Waals surface area contributed by atoms with Gasteiger partial charge in [-0.1, -0.05) is 26.0 Å². The fourth-order valence-electron chi connectivity index (χ4n) is 5.82. The number of carbonyl (C=O) groups is 2. The SMILES string of the molecule is CC(C)c1ccc(C(=O)OCC(=O)C23CC4CC(CC(C4)C2)C3)cc1. The van der Waals surface area contributed by atoms with Crippen LogP contribution < -0.4 is 0 Å². The van der Waals surface area contributed by atoms with Gasteiger partial charge in [-0.25, -0.2) is 4.79 Å². The minimum absolute atomic E-state index is 0.0586. The minimum Gasteiger partial charge on any atom is -0.454 e. The monoisotopic (exact) mass is 340 g/mol. The number of esters is 1. The van der Waals surface area contributed by atoms with Crippen LogP contribution in [0.5, 0.6) is 0 Å². The number of benzene rings is 1. The van der Waals surface area contributed by atoms with E-state index in [4.69, 9.17) is 4.74 Å². The molecule has 5 rings (SSSR count). The molecule has 1 aromatic carbocycles. The molecule has 25 heavy (non-hydrogen) atoms. The maximum atomic E-state index is 12.9. The Kier molecular flexibility index (Phi) is 4.21. The molecule has 0 unspecified atom stereocenters. The van der Waals surface area contributed by atoms with Crippen LogP contribution in [-0.2, 0) is 9.53 Å². The third-order valence-electron chi connectivity index (χ3n) is 6.78. The van der Waals surface area contributed by atoms with Gasteiger partial charge in [0.25, 0.3) is 0 Å². The summed E-state index contributed by atoms with van der Waals surface area (Å²) in [6.45, 7) is 4.19. The summed E-state index contributed by atoms with van der Waals surface area (Å²) >= 11 is 0. The average molecular weight is 340 g/mol. The number of hydrogen-bond donors (Lipinski definition) is 0. The first-order valence-electron chi connectivity index (χ1n) is 9.75. The summed E-state index contributed by atoms with van der Waals surface area (Å²) in [5.41, 5.74) is 1.54. The van der Waals surface area contributed by atoms with Crippen molar-refractivity contribution in [3.05, 3.63) is 35.4 Å². The lowest BCUT2D eigenvalue weighted by molar-refractivity contribution is -0.147. The van der Waals surface area contributed by atoms with Crippen LogP contribution in [0.4, 0.5) is 0 Å². The van der Waals surface area contributed by atoms with Gasteiger partial charge < -0.3 is 4.74 Å². The highest BCUT2D eigenvalue weighted by Crippen LogP contribution is 2.60. The van der Waals surface area contributed by atoms with E-state index >= 15 is 0 Å². The first-order chi connectivity index (χ1) is 11.9. The van der Waals surface area contributed by atoms with E-state index in [0.717, 1.165) is 37.0 Å². The first-order valence-corrected chi connectivity index (χ1v) is 9.75. The van der Waals surface area contributed by atoms with Crippen molar-refractivity contribution in [2.75, 3.05) is 6.61 Å². The van der Waals surface area contributed by atoms with E-state index in [1.54, 1.807) is 12.1 Å². The van der Waals surface area contributed by atoms with E-state index in [9.17, 15) is 9.59 Å². The highest BCUT2D eigenvalue weighted by atomic mass is 16.5. The van der Waals surface area contributed by atoms with Crippen molar-refractivity contribution in [1.29, 1.82) is 0 Å². The van der Waals surface area contributed by atoms with Crippen LogP contribution in [0, 0.1) is 23.2 Å². The number of hydrogen-bond acceptors (Lipinski definition) is 3. The first kappa shape index (κ1) is 16.8. The van der Waals surface area contributed by atoms with Crippen LogP contribution in [0.3, 0.4) is 0 Å². The quantitative estimate of drug-likeness (QED) is 0.726. The molecule has 4 saturated carbocycles. The van der Waals surface area contributed by atoms with Crippen molar-refractivity contribution in [3.8, 4) is 0 Å². The van der Waals surface area contributed by atoms with Gasteiger partial charge in [0, 0.05) is 5.41 Å². The Hall–Kier alpha value is -1.64. The molecule has 4 fully saturated rings. The van der Waals surface area contributed by atoms with Gasteiger partial charge in [0.05, 0.1) is 5.56 Å². The fraction of sp³-hybridized carbons (Fsp3) is 0.636. The van der Waals surface area contributed by atoms with E-state index in [0.29, 0.717) is 11.5 Å². The lowest BCUT2D eigenvalue weighted by atomic mass is 9.48. The van der Waals surface area contributed by atoms with Gasteiger partial charge in [0.15, 0.2) is 12.4 Å². The molecule has 3 nitrogen and oxygen atoms in total. The minimum atomic E-state index is -0.381. The Morgan fingerprint density at radius 3 is 2.00 bits per heavy atom. The van der Waals surface area contributed by atoms with Crippen LogP contribution in [-0.4, -0.2) is 18.4 Å². The van der Waals surface area contributed by atoms with Gasteiger partial charge in [-0.3, -0.25) is 4.79 Å². The second-order valence-corrected chi connectivity index (χ2v) is 8.97. The maximum absolute atomic E-state index is 12.9. The molecule has 4 aliphatic rings. The standard InChI is InChI=1S/C22H28O3/c1-14(2)18-3-5-19(6-4-18)21(24)25-13-20(23)22-10-15-7-16(11-22)9-17(8-15)12-22/h3-6,14-17H,7-13H2,1-2H3. The lowest BCUT2D eigenvalue weighted by Gasteiger charge is -2.55. The van der Waals surface area contributed by atoms with Crippen molar-refractivity contribution in [3.63, 3.8) is 0 Å². The van der Waals surface area contributed by atoms with Crippen LogP contribution in [0.2, 0.25) is 0 Å². The van der Waals surface area contributed by atoms with Crippen LogP contribution in [0.15, 0.2) is 24.3 Å². The second kappa shape index (κ2) is 6.26. The maximum Gasteiger partial charge on any atom is 0.338 e. The zero-order valence-electron chi connectivity index (χ0n) is 15.3. The van der Waals surface area contributed by atoms with Crippen molar-refractivity contribution >= 4 is 11.8 Å². The Bertz CT molecular complexity index is 636. The Morgan fingerprint density at radius 2 is 1.52 bits per heavy atom. The normalized spacial score (nSPS) is 32.8. The van der Waals surface area contributed by atoms with Crippen LogP contribution in [0.1, 0.15) is 74.2 Å². The zero-order chi connectivity index (χ0) is 17.6. The molecule has 0 heterocycles. The Balaban J connectivity index is 1.38. The number of ketones is 1. The summed E-state index contributed by atoms with van der Waals surface area (Å²) in [6.07, 6.45) is 7.02. The number of carbonyl (C=O) groups excluding carboxylic acids is 2. The molecular formula is C22H28O3. The molecule has 0 radical (unpaired) electrons. The van der Waals surface area contributed by atoms with E-state index in [1.807, 2.05) is 12.1 Å². The topological polar surface area (TPSA) is 43.4 Å². The summed E-state index contributed by atoms with van der Waals surface area (Å²) in [5, 5.41) is 0. The van der Waals surface area contributed by atoms with Crippen molar-refractivity contribution in [1.82, 2.24) is 0 Å². The van der Waals surface area contributed by atoms with Gasteiger partial charge in [-0.2, -0.15) is 0 Å². The van der Waals surface area contributed by atoms with Gasteiger partial charge >= 0.3 is 5.97 Å². The summed E-state index contributed by atoms with van der Waals surface area (Å²) < 4.78 is 5.39. The molecule has 0 aromatic heterocycles. The van der Waals surface area contributed by atoms with E-state index in [2.05, 4.69) is 13.8 Å². The van der Waals surface area contributed by atoms with E-state index in [-0.39, 0.29) is 23.8 Å². The third-order valence-corrected chi connectivity index (χ3v) is 6.78. The largest absolute Gasteiger partial charge is 0.454 e. The van der Waals surface area contributed by atoms with E-state index in [1.165, 1.54) is 24.8 Å². The molecule has 0 N–H and O–H groups in total.